The van der Waals surface area contributed by atoms with E-state index in [0.717, 1.165) is 12.8 Å². The molecule has 2 atom stereocenters. The second kappa shape index (κ2) is 8.89. The van der Waals surface area contributed by atoms with E-state index in [9.17, 15) is 14.7 Å². The van der Waals surface area contributed by atoms with Crippen LogP contribution in [-0.2, 0) is 14.3 Å². The van der Waals surface area contributed by atoms with Gasteiger partial charge in [-0.25, -0.2) is 0 Å². The number of amides is 1. The van der Waals surface area contributed by atoms with Gasteiger partial charge in [-0.2, -0.15) is 0 Å². The van der Waals surface area contributed by atoms with Crippen LogP contribution >= 0.6 is 23.2 Å². The molecule has 3 aliphatic rings. The van der Waals surface area contributed by atoms with Gasteiger partial charge in [-0.15, -0.1) is 0 Å². The highest BCUT2D eigenvalue weighted by Gasteiger charge is 2.47. The minimum Gasteiger partial charge on any atom is -0.507 e. The van der Waals surface area contributed by atoms with E-state index in [4.69, 9.17) is 37.4 Å². The highest BCUT2D eigenvalue weighted by atomic mass is 35.5. The quantitative estimate of drug-likeness (QED) is 0.390. The first kappa shape index (κ1) is 22.1. The maximum absolute atomic E-state index is 13.2. The van der Waals surface area contributed by atoms with Gasteiger partial charge in [0.15, 0.2) is 11.5 Å². The summed E-state index contributed by atoms with van der Waals surface area (Å²) in [5, 5.41) is 12.0. The van der Waals surface area contributed by atoms with Gasteiger partial charge in [0.25, 0.3) is 11.7 Å². The fourth-order valence-corrected chi connectivity index (χ4v) is 4.98. The number of nitrogens with zero attached hydrogens (tertiary/aromatic N) is 1. The number of hydrogen-bond donors (Lipinski definition) is 1. The predicted molar refractivity (Wildman–Crippen MR) is 122 cm³/mol. The number of benzene rings is 2. The molecule has 1 N–H and O–H groups in total. The molecular weight excluding hydrogens is 469 g/mol. The standard InChI is InChI=1S/C24H21Cl2NO6/c25-14-4-5-16(17(26)11-14)21-20(23(29)24(30)27(21)12-15-2-1-7-31-15)22(28)13-3-6-18-19(10-13)33-9-8-32-18/h3-6,10-11,15,21,28H,1-2,7-9,12H2. The molecule has 0 saturated carbocycles. The molecule has 2 unspecified atom stereocenters. The summed E-state index contributed by atoms with van der Waals surface area (Å²) in [7, 11) is 0. The highest BCUT2D eigenvalue weighted by molar-refractivity contribution is 6.47. The molecule has 0 radical (unpaired) electrons. The first-order chi connectivity index (χ1) is 15.9. The second-order valence-corrected chi connectivity index (χ2v) is 8.95. The van der Waals surface area contributed by atoms with Gasteiger partial charge in [0, 0.05) is 28.8 Å². The number of hydrogen-bond acceptors (Lipinski definition) is 6. The molecule has 9 heteroatoms. The molecule has 2 fully saturated rings. The number of halogens is 2. The van der Waals surface area contributed by atoms with E-state index in [-0.39, 0.29) is 24.0 Å². The molecule has 0 aliphatic carbocycles. The van der Waals surface area contributed by atoms with Crippen LogP contribution in [0.5, 0.6) is 11.5 Å². The van der Waals surface area contributed by atoms with Gasteiger partial charge < -0.3 is 24.2 Å². The number of carbonyl (C=O) groups is 2. The summed E-state index contributed by atoms with van der Waals surface area (Å²) in [5.74, 6) is -0.790. The van der Waals surface area contributed by atoms with Crippen molar-refractivity contribution in [1.82, 2.24) is 4.90 Å². The highest BCUT2D eigenvalue weighted by Crippen LogP contribution is 2.44. The maximum atomic E-state index is 13.2. The number of fused-ring (bicyclic) bond motifs is 1. The molecule has 0 spiro atoms. The Kier molecular flexibility index (Phi) is 5.95. The summed E-state index contributed by atoms with van der Waals surface area (Å²) >= 11 is 12.6. The van der Waals surface area contributed by atoms with Crippen molar-refractivity contribution < 1.29 is 28.9 Å². The number of aliphatic hydroxyl groups is 1. The van der Waals surface area contributed by atoms with Gasteiger partial charge in [-0.1, -0.05) is 29.3 Å². The lowest BCUT2D eigenvalue weighted by Crippen LogP contribution is -2.36. The molecule has 2 aromatic rings. The van der Waals surface area contributed by atoms with Crippen LogP contribution in [0, 0.1) is 0 Å². The number of ketones is 1. The number of rotatable bonds is 4. The zero-order chi connectivity index (χ0) is 23.1. The van der Waals surface area contributed by atoms with Crippen LogP contribution in [0.4, 0.5) is 0 Å². The van der Waals surface area contributed by atoms with E-state index in [1.54, 1.807) is 36.4 Å². The summed E-state index contributed by atoms with van der Waals surface area (Å²) in [5.41, 5.74) is 0.792. The SMILES string of the molecule is O=C1C(=O)N(CC2CCCO2)C(c2ccc(Cl)cc2Cl)C1=C(O)c1ccc2c(c1)OCCO2. The van der Waals surface area contributed by atoms with Crippen molar-refractivity contribution in [2.75, 3.05) is 26.4 Å². The summed E-state index contributed by atoms with van der Waals surface area (Å²) in [4.78, 5) is 27.7. The third-order valence-corrected chi connectivity index (χ3v) is 6.60. The predicted octanol–water partition coefficient (Wildman–Crippen LogP) is 4.37. The monoisotopic (exact) mass is 489 g/mol. The molecule has 0 aromatic heterocycles. The van der Waals surface area contributed by atoms with Crippen molar-refractivity contribution in [3.63, 3.8) is 0 Å². The smallest absolute Gasteiger partial charge is 0.295 e. The van der Waals surface area contributed by atoms with Gasteiger partial charge >= 0.3 is 0 Å². The number of ether oxygens (including phenoxy) is 3. The van der Waals surface area contributed by atoms with Crippen LogP contribution in [0.15, 0.2) is 42.0 Å². The van der Waals surface area contributed by atoms with Crippen molar-refractivity contribution in [3.8, 4) is 11.5 Å². The Balaban J connectivity index is 1.63. The summed E-state index contributed by atoms with van der Waals surface area (Å²) in [6, 6.07) is 8.85. The van der Waals surface area contributed by atoms with Crippen molar-refractivity contribution >= 4 is 40.7 Å². The van der Waals surface area contributed by atoms with Crippen LogP contribution in [0.2, 0.25) is 10.0 Å². The Labute approximate surface area is 200 Å². The fraction of sp³-hybridized carbons (Fsp3) is 0.333. The molecule has 2 saturated heterocycles. The molecule has 7 nitrogen and oxygen atoms in total. The van der Waals surface area contributed by atoms with Gasteiger partial charge in [0.2, 0.25) is 0 Å². The van der Waals surface area contributed by atoms with E-state index in [1.807, 2.05) is 0 Å². The van der Waals surface area contributed by atoms with Gasteiger partial charge in [-0.05, 0) is 48.7 Å². The fourth-order valence-electron chi connectivity index (χ4n) is 4.47. The van der Waals surface area contributed by atoms with Gasteiger partial charge in [0.1, 0.15) is 19.0 Å². The third kappa shape index (κ3) is 4.05. The van der Waals surface area contributed by atoms with Crippen LogP contribution < -0.4 is 9.47 Å². The molecule has 33 heavy (non-hydrogen) atoms. The number of likely N-dealkylation sites (tertiary alicyclic amines) is 1. The lowest BCUT2D eigenvalue weighted by molar-refractivity contribution is -0.140. The van der Waals surface area contributed by atoms with E-state index in [2.05, 4.69) is 0 Å². The molecule has 3 aliphatic heterocycles. The normalized spacial score (nSPS) is 23.9. The van der Waals surface area contributed by atoms with Crippen molar-refractivity contribution in [2.45, 2.75) is 25.0 Å². The second-order valence-electron chi connectivity index (χ2n) is 8.11. The maximum Gasteiger partial charge on any atom is 0.295 e. The Morgan fingerprint density at radius 3 is 2.55 bits per heavy atom. The topological polar surface area (TPSA) is 85.3 Å². The van der Waals surface area contributed by atoms with E-state index >= 15 is 0 Å². The number of carbonyl (C=O) groups excluding carboxylic acids is 2. The minimum absolute atomic E-state index is 0.0427. The van der Waals surface area contributed by atoms with Crippen LogP contribution in [-0.4, -0.2) is 54.2 Å². The summed E-state index contributed by atoms with van der Waals surface area (Å²) in [6.45, 7) is 1.63. The Morgan fingerprint density at radius 2 is 1.82 bits per heavy atom. The lowest BCUT2D eigenvalue weighted by Gasteiger charge is -2.28. The molecule has 2 aromatic carbocycles. The van der Waals surface area contributed by atoms with Gasteiger partial charge in [-0.3, -0.25) is 9.59 Å². The molecule has 0 bridgehead atoms. The average molecular weight is 490 g/mol. The zero-order valence-electron chi connectivity index (χ0n) is 17.6. The zero-order valence-corrected chi connectivity index (χ0v) is 19.1. The Morgan fingerprint density at radius 1 is 1.03 bits per heavy atom. The Bertz CT molecular complexity index is 1160. The van der Waals surface area contributed by atoms with Crippen LogP contribution in [0.3, 0.4) is 0 Å². The van der Waals surface area contributed by atoms with E-state index in [1.165, 1.54) is 4.90 Å². The Hall–Kier alpha value is -2.74. The number of aliphatic hydroxyl groups excluding tert-OH is 1. The summed E-state index contributed by atoms with van der Waals surface area (Å²) in [6.07, 6.45) is 1.48. The van der Waals surface area contributed by atoms with E-state index < -0.39 is 17.7 Å². The molecule has 172 valence electrons. The largest absolute Gasteiger partial charge is 0.507 e. The van der Waals surface area contributed by atoms with Crippen LogP contribution in [0.1, 0.15) is 30.0 Å². The van der Waals surface area contributed by atoms with Crippen molar-refractivity contribution in [2.24, 2.45) is 0 Å². The van der Waals surface area contributed by atoms with Gasteiger partial charge in [0.05, 0.1) is 17.7 Å². The summed E-state index contributed by atoms with van der Waals surface area (Å²) < 4.78 is 16.8. The number of Topliss-reactive ketones (excluding diaryl/α,β-unsaturated/α-hetero) is 1. The first-order valence-corrected chi connectivity index (χ1v) is 11.4. The van der Waals surface area contributed by atoms with Crippen molar-refractivity contribution in [3.05, 3.63) is 63.1 Å². The van der Waals surface area contributed by atoms with E-state index in [0.29, 0.717) is 52.5 Å². The minimum atomic E-state index is -0.882. The van der Waals surface area contributed by atoms with Crippen molar-refractivity contribution in [1.29, 1.82) is 0 Å². The molecule has 5 rings (SSSR count). The molecular formula is C24H21Cl2NO6. The lowest BCUT2D eigenvalue weighted by atomic mass is 9.95. The first-order valence-electron chi connectivity index (χ1n) is 10.7. The molecule has 1 amide bonds. The molecule has 3 heterocycles. The van der Waals surface area contributed by atoms with Crippen LogP contribution in [0.25, 0.3) is 5.76 Å². The third-order valence-electron chi connectivity index (χ3n) is 6.04. The average Bonchev–Trinajstić information content (AvgIpc) is 3.41.